The molecule has 0 spiro atoms. The first-order chi connectivity index (χ1) is 29.5. The summed E-state index contributed by atoms with van der Waals surface area (Å²) in [5.41, 5.74) is 2.56. The first-order valence-corrected chi connectivity index (χ1v) is 24.9. The van der Waals surface area contributed by atoms with E-state index in [0.29, 0.717) is 92.2 Å². The predicted molar refractivity (Wildman–Crippen MR) is 238 cm³/mol. The number of rotatable bonds is 13. The van der Waals surface area contributed by atoms with E-state index in [1.54, 1.807) is 24.3 Å². The Balaban J connectivity index is 0.971. The maximum Gasteiger partial charge on any atom is 0.304 e. The van der Waals surface area contributed by atoms with Crippen molar-refractivity contribution in [2.75, 3.05) is 13.2 Å². The van der Waals surface area contributed by atoms with E-state index < -0.39 is 31.9 Å². The van der Waals surface area contributed by atoms with Crippen molar-refractivity contribution in [3.8, 4) is 44.0 Å². The van der Waals surface area contributed by atoms with Crippen molar-refractivity contribution >= 4 is 101 Å². The van der Waals surface area contributed by atoms with Crippen LogP contribution in [0.15, 0.2) is 69.1 Å². The highest BCUT2D eigenvalue weighted by Gasteiger charge is 2.33. The Morgan fingerprint density at radius 3 is 1.44 bits per heavy atom. The van der Waals surface area contributed by atoms with Gasteiger partial charge >= 0.3 is 20.2 Å². The maximum atomic E-state index is 16.1. The molecule has 2 aliphatic rings. The zero-order valence-electron chi connectivity index (χ0n) is 31.9. The summed E-state index contributed by atoms with van der Waals surface area (Å²) in [6, 6.07) is 11.9. The van der Waals surface area contributed by atoms with E-state index in [2.05, 4.69) is 10.2 Å². The first kappa shape index (κ1) is 44.8. The summed E-state index contributed by atoms with van der Waals surface area (Å²) in [7, 11) is -9.12. The van der Waals surface area contributed by atoms with Gasteiger partial charge in [-0.2, -0.15) is 27.0 Å². The van der Waals surface area contributed by atoms with Gasteiger partial charge in [-0.3, -0.25) is 9.11 Å². The number of hydrogen-bond donors (Lipinski definition) is 2. The fourth-order valence-corrected chi connectivity index (χ4v) is 11.8. The highest BCUT2D eigenvalue weighted by Crippen LogP contribution is 2.48. The third-order valence-corrected chi connectivity index (χ3v) is 15.9. The standard InChI is InChI=1S/C40H32Cl4F2N4O8S4/c41-21-9-11-29(25(43)17-21)49-37-23(13-15-57-31-19-33(59-39(31)37)61(51,52)53)35(47-49)27(45)7-5-3-1-2-4-6-8-28(46)36-24-14-16-58-32-20-34(62(54,55)56)60-40(32)38(24)50(48-36)30-12-10-22(42)18-26(30)44/h7-12,17-20H,1-6,13-16H2,(H,51,52,53)(H,54,55,56)/b27-7-,28-8-. The largest absolute Gasteiger partial charge is 0.492 e. The van der Waals surface area contributed by atoms with Crippen LogP contribution in [-0.4, -0.2) is 58.7 Å². The van der Waals surface area contributed by atoms with Crippen molar-refractivity contribution in [1.29, 1.82) is 0 Å². The third-order valence-electron chi connectivity index (χ3n) is 10.0. The van der Waals surface area contributed by atoms with Crippen molar-refractivity contribution < 1.29 is 44.2 Å². The summed E-state index contributed by atoms with van der Waals surface area (Å²) < 4.78 is 114. The van der Waals surface area contributed by atoms with E-state index in [1.165, 1.54) is 45.8 Å². The van der Waals surface area contributed by atoms with Crippen LogP contribution in [0, 0.1) is 0 Å². The van der Waals surface area contributed by atoms with Gasteiger partial charge in [0.15, 0.2) is 8.42 Å². The molecule has 0 fully saturated rings. The van der Waals surface area contributed by atoms with Gasteiger partial charge in [-0.1, -0.05) is 59.2 Å². The van der Waals surface area contributed by atoms with Gasteiger partial charge in [-0.05, 0) is 74.2 Å². The van der Waals surface area contributed by atoms with Crippen molar-refractivity contribution in [1.82, 2.24) is 19.6 Å². The molecular weight excluding hydrogens is 973 g/mol. The molecule has 0 saturated heterocycles. The molecule has 0 unspecified atom stereocenters. The van der Waals surface area contributed by atoms with E-state index in [0.717, 1.165) is 22.7 Å². The molecule has 2 aliphatic heterocycles. The monoisotopic (exact) mass is 1000 g/mol. The van der Waals surface area contributed by atoms with Gasteiger partial charge in [0.2, 0.25) is 0 Å². The molecule has 4 aromatic heterocycles. The minimum atomic E-state index is -4.56. The Labute approximate surface area is 382 Å². The normalized spacial score (nSPS) is 14.3. The second-order valence-corrected chi connectivity index (χ2v) is 21.2. The van der Waals surface area contributed by atoms with Gasteiger partial charge in [0.25, 0.3) is 0 Å². The lowest BCUT2D eigenvalue weighted by atomic mass is 10.1. The second kappa shape index (κ2) is 18.0. The third kappa shape index (κ3) is 9.09. The number of fused-ring (bicyclic) bond motifs is 6. The van der Waals surface area contributed by atoms with Crippen LogP contribution >= 0.6 is 69.1 Å². The molecule has 12 nitrogen and oxygen atoms in total. The highest BCUT2D eigenvalue weighted by molar-refractivity contribution is 7.88. The lowest BCUT2D eigenvalue weighted by molar-refractivity contribution is 0.326. The smallest absolute Gasteiger partial charge is 0.304 e. The molecule has 0 amide bonds. The lowest BCUT2D eigenvalue weighted by Crippen LogP contribution is -2.01. The number of aromatic nitrogens is 4. The minimum Gasteiger partial charge on any atom is -0.492 e. The molecule has 6 heterocycles. The molecule has 8 rings (SSSR count). The SMILES string of the molecule is O=S(=O)(O)c1cc2c(s1)-c1c(c(/C(F)=C/CCCCCC/C=C(\F)c3nn(-c4ccc(Cl)cc4Cl)c4c3CCOc3cc(S(=O)(=O)O)sc3-4)nn1-c1ccc(Cl)cc1Cl)CCO2. The molecule has 2 aromatic carbocycles. The Bertz CT molecular complexity index is 2830. The van der Waals surface area contributed by atoms with Crippen LogP contribution in [0.1, 0.15) is 61.0 Å². The lowest BCUT2D eigenvalue weighted by Gasteiger charge is -2.09. The molecule has 0 radical (unpaired) electrons. The van der Waals surface area contributed by atoms with Crippen LogP contribution in [0.3, 0.4) is 0 Å². The minimum absolute atomic E-state index is 0.0456. The molecule has 6 aromatic rings. The number of ether oxygens (including phenoxy) is 2. The van der Waals surface area contributed by atoms with E-state index in [1.807, 2.05) is 0 Å². The molecule has 0 aliphatic carbocycles. The number of nitrogens with zero attached hydrogens (tertiary/aromatic N) is 4. The Hall–Kier alpha value is -3.82. The van der Waals surface area contributed by atoms with Crippen LogP contribution in [0.2, 0.25) is 20.1 Å². The number of allylic oxidation sites excluding steroid dienone is 2. The van der Waals surface area contributed by atoms with Crippen molar-refractivity contribution in [3.05, 3.63) is 103 Å². The average Bonchev–Trinajstić information content (AvgIpc) is 3.95. The molecular formula is C40H32Cl4F2N4O8S4. The molecule has 0 atom stereocenters. The molecule has 22 heteroatoms. The average molecular weight is 1000 g/mol. The second-order valence-electron chi connectivity index (χ2n) is 14.1. The zero-order chi connectivity index (χ0) is 44.1. The zero-order valence-corrected chi connectivity index (χ0v) is 38.2. The number of thiophene rings is 2. The summed E-state index contributed by atoms with van der Waals surface area (Å²) in [6.07, 6.45) is 6.79. The number of hydrogen-bond acceptors (Lipinski definition) is 10. The fourth-order valence-electron chi connectivity index (χ4n) is 7.20. The molecule has 0 bridgehead atoms. The quantitative estimate of drug-likeness (QED) is 0.0841. The summed E-state index contributed by atoms with van der Waals surface area (Å²) in [4.78, 5) is 0.672. The Morgan fingerprint density at radius 2 is 1.06 bits per heavy atom. The number of halogens is 6. The Morgan fingerprint density at radius 1 is 0.661 bits per heavy atom. The van der Waals surface area contributed by atoms with Crippen molar-refractivity contribution in [3.63, 3.8) is 0 Å². The van der Waals surface area contributed by atoms with Crippen LogP contribution < -0.4 is 9.47 Å². The van der Waals surface area contributed by atoms with Gasteiger partial charge in [0.1, 0.15) is 34.5 Å². The molecule has 2 N–H and O–H groups in total. The Kier molecular flexibility index (Phi) is 13.0. The fraction of sp³-hybridized carbons (Fsp3) is 0.250. The van der Waals surface area contributed by atoms with Crippen LogP contribution in [-0.2, 0) is 33.1 Å². The van der Waals surface area contributed by atoms with Crippen molar-refractivity contribution in [2.45, 2.75) is 59.8 Å². The molecule has 0 saturated carbocycles. The van der Waals surface area contributed by atoms with Gasteiger partial charge in [0.05, 0.1) is 55.8 Å². The van der Waals surface area contributed by atoms with E-state index >= 15 is 8.78 Å². The van der Waals surface area contributed by atoms with E-state index in [4.69, 9.17) is 55.9 Å². The summed E-state index contributed by atoms with van der Waals surface area (Å²) in [5.74, 6) is -0.765. The maximum absolute atomic E-state index is 16.1. The summed E-state index contributed by atoms with van der Waals surface area (Å²) in [6.45, 7) is 0.194. The van der Waals surface area contributed by atoms with Crippen LogP contribution in [0.4, 0.5) is 8.78 Å². The summed E-state index contributed by atoms with van der Waals surface area (Å²) >= 11 is 27.0. The van der Waals surface area contributed by atoms with Crippen LogP contribution in [0.5, 0.6) is 11.5 Å². The summed E-state index contributed by atoms with van der Waals surface area (Å²) in [5, 5.41) is 10.4. The predicted octanol–water partition coefficient (Wildman–Crippen LogP) is 12.2. The van der Waals surface area contributed by atoms with Gasteiger partial charge < -0.3 is 9.47 Å². The van der Waals surface area contributed by atoms with Crippen molar-refractivity contribution in [2.24, 2.45) is 0 Å². The molecule has 326 valence electrons. The molecule has 62 heavy (non-hydrogen) atoms. The highest BCUT2D eigenvalue weighted by atomic mass is 35.5. The number of benzene rings is 2. The number of unbranched alkanes of at least 4 members (excludes halogenated alkanes) is 5. The van der Waals surface area contributed by atoms with Crippen LogP contribution in [0.25, 0.3) is 44.2 Å². The van der Waals surface area contributed by atoms with Gasteiger partial charge in [-0.25, -0.2) is 18.1 Å². The van der Waals surface area contributed by atoms with Gasteiger partial charge in [0, 0.05) is 46.1 Å². The van der Waals surface area contributed by atoms with Gasteiger partial charge in [-0.15, -0.1) is 22.7 Å². The topological polar surface area (TPSA) is 163 Å². The van der Waals surface area contributed by atoms with E-state index in [-0.39, 0.29) is 67.4 Å². The van der Waals surface area contributed by atoms with E-state index in [9.17, 15) is 25.9 Å². The first-order valence-electron chi connectivity index (χ1n) is 18.8.